The van der Waals surface area contributed by atoms with Crippen molar-refractivity contribution in [1.82, 2.24) is 10.2 Å². The lowest BCUT2D eigenvalue weighted by atomic mass is 10.1. The number of hydrogen-bond donors (Lipinski definition) is 3. The van der Waals surface area contributed by atoms with Gasteiger partial charge < -0.3 is 15.2 Å². The van der Waals surface area contributed by atoms with E-state index in [2.05, 4.69) is 10.0 Å². The third kappa shape index (κ3) is 6.96. The van der Waals surface area contributed by atoms with Crippen molar-refractivity contribution in [1.29, 1.82) is 0 Å². The van der Waals surface area contributed by atoms with Gasteiger partial charge in [-0.15, -0.1) is 11.8 Å². The number of carbonyl (C=O) groups is 3. The molecule has 0 aromatic heterocycles. The van der Waals surface area contributed by atoms with Crippen molar-refractivity contribution < 1.29 is 32.6 Å². The van der Waals surface area contributed by atoms with Gasteiger partial charge in [0.2, 0.25) is 5.91 Å². The second-order valence-electron chi connectivity index (χ2n) is 7.67. The minimum absolute atomic E-state index is 0.00532. The number of ether oxygens (including phenoxy) is 1. The second-order valence-corrected chi connectivity index (χ2v) is 11.2. The number of carbonyl (C=O) groups excluding carboxylic acids is 2. The van der Waals surface area contributed by atoms with Crippen LogP contribution in [-0.4, -0.2) is 66.7 Å². The highest BCUT2D eigenvalue weighted by molar-refractivity contribution is 7.99. The van der Waals surface area contributed by atoms with Crippen LogP contribution in [0.1, 0.15) is 12.5 Å². The number of halogens is 2. The average Bonchev–Trinajstić information content (AvgIpc) is 3.31. The molecular weight excluding hydrogens is 553 g/mol. The first-order valence-electron chi connectivity index (χ1n) is 10.6. The predicted octanol–water partition coefficient (Wildman–Crippen LogP) is 3.44. The Morgan fingerprint density at radius 2 is 1.89 bits per heavy atom. The van der Waals surface area contributed by atoms with Crippen molar-refractivity contribution in [3.8, 4) is 0 Å². The van der Waals surface area contributed by atoms with Gasteiger partial charge in [-0.05, 0) is 42.8 Å². The molecule has 10 nitrogen and oxygen atoms in total. The Morgan fingerprint density at radius 3 is 2.53 bits per heavy atom. The monoisotopic (exact) mass is 575 g/mol. The molecule has 1 aliphatic heterocycles. The first kappa shape index (κ1) is 27.9. The standard InChI is InChI=1S/C22H23Cl2N3O7S2/c1-2-34-22(31)27-12-35-11-18(27)20(28)25-17(21(29)30)9-13-3-6-15(7-4-13)26-36(32,33)19-10-14(23)5-8-16(19)24/h3-8,10,17-18,26H,2,9,11-12H2,1H3,(H,25,28)(H,29,30). The van der Waals surface area contributed by atoms with E-state index >= 15 is 0 Å². The van der Waals surface area contributed by atoms with E-state index in [1.807, 2.05) is 0 Å². The molecule has 1 heterocycles. The molecule has 0 bridgehead atoms. The molecule has 1 fully saturated rings. The molecule has 14 heteroatoms. The van der Waals surface area contributed by atoms with Gasteiger partial charge in [-0.2, -0.15) is 0 Å². The Balaban J connectivity index is 1.67. The number of aliphatic carboxylic acids is 1. The molecule has 0 aliphatic carbocycles. The number of carboxylic acid groups (broad SMARTS) is 1. The molecular formula is C22H23Cl2N3O7S2. The fourth-order valence-corrected chi connectivity index (χ4v) is 6.32. The third-order valence-electron chi connectivity index (χ3n) is 5.13. The molecule has 1 saturated heterocycles. The number of anilines is 1. The summed E-state index contributed by atoms with van der Waals surface area (Å²) in [6, 6.07) is 7.96. The van der Waals surface area contributed by atoms with E-state index in [4.69, 9.17) is 27.9 Å². The number of amides is 2. The molecule has 2 aromatic carbocycles. The van der Waals surface area contributed by atoms with Gasteiger partial charge in [0.05, 0.1) is 17.5 Å². The van der Waals surface area contributed by atoms with Crippen LogP contribution in [0.15, 0.2) is 47.4 Å². The van der Waals surface area contributed by atoms with Gasteiger partial charge >= 0.3 is 12.1 Å². The lowest BCUT2D eigenvalue weighted by molar-refractivity contribution is -0.142. The summed E-state index contributed by atoms with van der Waals surface area (Å²) in [6.07, 6.45) is -0.695. The summed E-state index contributed by atoms with van der Waals surface area (Å²) in [5, 5.41) is 12.3. The number of nitrogens with zero attached hydrogens (tertiary/aromatic N) is 1. The zero-order valence-corrected chi connectivity index (χ0v) is 22.1. The highest BCUT2D eigenvalue weighted by atomic mass is 35.5. The highest BCUT2D eigenvalue weighted by Gasteiger charge is 2.37. The first-order valence-corrected chi connectivity index (χ1v) is 14.0. The average molecular weight is 576 g/mol. The number of nitrogens with one attached hydrogen (secondary N) is 2. The van der Waals surface area contributed by atoms with E-state index in [9.17, 15) is 27.9 Å². The number of benzene rings is 2. The van der Waals surface area contributed by atoms with Crippen molar-refractivity contribution in [3.05, 3.63) is 58.1 Å². The zero-order valence-electron chi connectivity index (χ0n) is 18.9. The smallest absolute Gasteiger partial charge is 0.411 e. The van der Waals surface area contributed by atoms with E-state index in [0.29, 0.717) is 11.3 Å². The van der Waals surface area contributed by atoms with Crippen LogP contribution in [0.3, 0.4) is 0 Å². The van der Waals surface area contributed by atoms with Gasteiger partial charge in [-0.3, -0.25) is 14.4 Å². The van der Waals surface area contributed by atoms with E-state index < -0.39 is 40.1 Å². The molecule has 2 amide bonds. The summed E-state index contributed by atoms with van der Waals surface area (Å²) in [5.74, 6) is -1.25. The molecule has 2 atom stereocenters. The summed E-state index contributed by atoms with van der Waals surface area (Å²) in [7, 11) is -4.02. The van der Waals surface area contributed by atoms with Crippen molar-refractivity contribution in [2.75, 3.05) is 23.0 Å². The Labute approximate surface area is 222 Å². The SMILES string of the molecule is CCOC(=O)N1CSCC1C(=O)NC(Cc1ccc(NS(=O)(=O)c2cc(Cl)ccc2Cl)cc1)C(=O)O. The summed E-state index contributed by atoms with van der Waals surface area (Å²) in [5.41, 5.74) is 0.758. The number of sulfonamides is 1. The van der Waals surface area contributed by atoms with Gasteiger partial charge in [-0.1, -0.05) is 35.3 Å². The minimum atomic E-state index is -4.02. The van der Waals surface area contributed by atoms with E-state index in [-0.39, 0.29) is 39.5 Å². The quantitative estimate of drug-likeness (QED) is 0.412. The zero-order chi connectivity index (χ0) is 26.5. The maximum absolute atomic E-state index is 12.7. The van der Waals surface area contributed by atoms with Gasteiger partial charge in [0.1, 0.15) is 17.0 Å². The highest BCUT2D eigenvalue weighted by Crippen LogP contribution is 2.27. The fraction of sp³-hybridized carbons (Fsp3) is 0.318. The van der Waals surface area contributed by atoms with E-state index in [1.54, 1.807) is 6.92 Å². The number of carboxylic acids is 1. The summed E-state index contributed by atoms with van der Waals surface area (Å²) >= 11 is 13.2. The van der Waals surface area contributed by atoms with Crippen LogP contribution in [0.5, 0.6) is 0 Å². The van der Waals surface area contributed by atoms with Gasteiger partial charge in [0.15, 0.2) is 0 Å². The van der Waals surface area contributed by atoms with Crippen LogP contribution < -0.4 is 10.0 Å². The molecule has 0 spiro atoms. The normalized spacial score (nSPS) is 16.3. The van der Waals surface area contributed by atoms with Gasteiger partial charge in [0, 0.05) is 22.9 Å². The van der Waals surface area contributed by atoms with Crippen LogP contribution in [0.25, 0.3) is 0 Å². The van der Waals surface area contributed by atoms with Crippen LogP contribution in [-0.2, 0) is 30.8 Å². The van der Waals surface area contributed by atoms with Crippen molar-refractivity contribution in [2.24, 2.45) is 0 Å². The molecule has 3 N–H and O–H groups in total. The Hall–Kier alpha value is -2.67. The molecule has 1 aliphatic rings. The van der Waals surface area contributed by atoms with Crippen LogP contribution in [0, 0.1) is 0 Å². The Morgan fingerprint density at radius 1 is 1.19 bits per heavy atom. The van der Waals surface area contributed by atoms with Gasteiger partial charge in [-0.25, -0.2) is 18.0 Å². The summed E-state index contributed by atoms with van der Waals surface area (Å²) < 4.78 is 32.7. The lowest BCUT2D eigenvalue weighted by Crippen LogP contribution is -2.52. The molecule has 36 heavy (non-hydrogen) atoms. The third-order valence-corrected chi connectivity index (χ3v) is 8.24. The van der Waals surface area contributed by atoms with E-state index in [0.717, 1.165) is 0 Å². The molecule has 2 unspecified atom stereocenters. The van der Waals surface area contributed by atoms with Crippen molar-refractivity contribution in [3.63, 3.8) is 0 Å². The van der Waals surface area contributed by atoms with E-state index in [1.165, 1.54) is 59.1 Å². The lowest BCUT2D eigenvalue weighted by Gasteiger charge is -2.24. The minimum Gasteiger partial charge on any atom is -0.480 e. The Kier molecular flexibility index (Phi) is 9.34. The van der Waals surface area contributed by atoms with Crippen LogP contribution in [0.2, 0.25) is 10.0 Å². The second kappa shape index (κ2) is 12.0. The number of thioether (sulfide) groups is 1. The maximum atomic E-state index is 12.7. The molecule has 194 valence electrons. The summed E-state index contributed by atoms with van der Waals surface area (Å²) in [4.78, 5) is 37.7. The number of hydrogen-bond acceptors (Lipinski definition) is 7. The Bertz CT molecular complexity index is 1240. The number of rotatable bonds is 9. The predicted molar refractivity (Wildman–Crippen MR) is 137 cm³/mol. The van der Waals surface area contributed by atoms with Crippen molar-refractivity contribution >= 4 is 68.6 Å². The molecule has 0 saturated carbocycles. The summed E-state index contributed by atoms with van der Waals surface area (Å²) in [6.45, 7) is 1.81. The van der Waals surface area contributed by atoms with Crippen LogP contribution in [0.4, 0.5) is 10.5 Å². The first-order chi connectivity index (χ1) is 17.0. The molecule has 3 rings (SSSR count). The topological polar surface area (TPSA) is 142 Å². The van der Waals surface area contributed by atoms with Crippen LogP contribution >= 0.6 is 35.0 Å². The maximum Gasteiger partial charge on any atom is 0.411 e. The van der Waals surface area contributed by atoms with Gasteiger partial charge in [0.25, 0.3) is 10.0 Å². The molecule has 0 radical (unpaired) electrons. The largest absolute Gasteiger partial charge is 0.480 e. The van der Waals surface area contributed by atoms with Crippen molar-refractivity contribution in [2.45, 2.75) is 30.3 Å². The fourth-order valence-electron chi connectivity index (χ4n) is 3.35. The molecule has 2 aromatic rings.